The molecule has 1 rings (SSSR count). The van der Waals surface area contributed by atoms with Gasteiger partial charge in [-0.25, -0.2) is 0 Å². The summed E-state index contributed by atoms with van der Waals surface area (Å²) in [7, 11) is 0. The van der Waals surface area contributed by atoms with Crippen LogP contribution in [0.1, 0.15) is 30.1 Å². The Morgan fingerprint density at radius 1 is 1.29 bits per heavy atom. The lowest BCUT2D eigenvalue weighted by Gasteiger charge is -2.09. The minimum atomic E-state index is -0.490. The molecule has 0 spiro atoms. The van der Waals surface area contributed by atoms with Crippen molar-refractivity contribution in [1.82, 2.24) is 0 Å². The fraction of sp³-hybridized carbons (Fsp3) is 0.333. The summed E-state index contributed by atoms with van der Waals surface area (Å²) in [5, 5.41) is 2.70. The Morgan fingerprint density at radius 3 is 2.35 bits per heavy atom. The molecule has 0 saturated heterocycles. The summed E-state index contributed by atoms with van der Waals surface area (Å²) < 4.78 is 0. The molecule has 92 valence electrons. The van der Waals surface area contributed by atoms with Gasteiger partial charge in [0.25, 0.3) is 0 Å². The lowest BCUT2D eigenvalue weighted by atomic mass is 10.1. The second-order valence-electron chi connectivity index (χ2n) is 3.86. The fourth-order valence-corrected chi connectivity index (χ4v) is 1.31. The van der Waals surface area contributed by atoms with E-state index in [2.05, 4.69) is 5.32 Å². The Morgan fingerprint density at radius 2 is 1.88 bits per heavy atom. The standard InChI is InChI=1S/C12H17N3O2/c1-2-9(13)7-11(16)15-10-5-3-8(4-6-10)12(14)17/h3-6,9H,2,7,13H2,1H3,(H2,14,17)(H,15,16). The maximum atomic E-state index is 11.5. The lowest BCUT2D eigenvalue weighted by molar-refractivity contribution is -0.116. The molecule has 5 nitrogen and oxygen atoms in total. The van der Waals surface area contributed by atoms with Gasteiger partial charge >= 0.3 is 0 Å². The normalized spacial score (nSPS) is 11.9. The van der Waals surface area contributed by atoms with Gasteiger partial charge in [0.1, 0.15) is 0 Å². The van der Waals surface area contributed by atoms with E-state index in [9.17, 15) is 9.59 Å². The predicted octanol–water partition coefficient (Wildman–Crippen LogP) is 0.851. The molecule has 17 heavy (non-hydrogen) atoms. The first-order chi connectivity index (χ1) is 8.02. The fourth-order valence-electron chi connectivity index (χ4n) is 1.31. The van der Waals surface area contributed by atoms with E-state index < -0.39 is 5.91 Å². The van der Waals surface area contributed by atoms with Crippen LogP contribution in [0.3, 0.4) is 0 Å². The third kappa shape index (κ3) is 4.24. The summed E-state index contributed by atoms with van der Waals surface area (Å²) in [4.78, 5) is 22.4. The van der Waals surface area contributed by atoms with Crippen LogP contribution in [0.2, 0.25) is 0 Å². The molecule has 0 saturated carbocycles. The van der Waals surface area contributed by atoms with Gasteiger partial charge in [0, 0.05) is 23.7 Å². The van der Waals surface area contributed by atoms with Crippen molar-refractivity contribution in [2.45, 2.75) is 25.8 Å². The van der Waals surface area contributed by atoms with Gasteiger partial charge < -0.3 is 16.8 Å². The second kappa shape index (κ2) is 6.00. The highest BCUT2D eigenvalue weighted by molar-refractivity contribution is 5.94. The first-order valence-electron chi connectivity index (χ1n) is 5.48. The highest BCUT2D eigenvalue weighted by Crippen LogP contribution is 2.10. The monoisotopic (exact) mass is 235 g/mol. The maximum Gasteiger partial charge on any atom is 0.248 e. The van der Waals surface area contributed by atoms with Gasteiger partial charge in [-0.15, -0.1) is 0 Å². The van der Waals surface area contributed by atoms with Crippen molar-refractivity contribution in [2.24, 2.45) is 11.5 Å². The van der Waals surface area contributed by atoms with Gasteiger partial charge in [-0.05, 0) is 30.7 Å². The van der Waals surface area contributed by atoms with Crippen molar-refractivity contribution in [3.05, 3.63) is 29.8 Å². The molecule has 1 aromatic carbocycles. The number of nitrogens with two attached hydrogens (primary N) is 2. The minimum absolute atomic E-state index is 0.125. The quantitative estimate of drug-likeness (QED) is 0.705. The lowest BCUT2D eigenvalue weighted by Crippen LogP contribution is -2.26. The zero-order valence-corrected chi connectivity index (χ0v) is 9.77. The molecule has 0 radical (unpaired) electrons. The highest BCUT2D eigenvalue weighted by Gasteiger charge is 2.08. The molecule has 0 aliphatic heterocycles. The average molecular weight is 235 g/mol. The van der Waals surface area contributed by atoms with E-state index in [4.69, 9.17) is 11.5 Å². The SMILES string of the molecule is CCC(N)CC(=O)Nc1ccc(C(N)=O)cc1. The van der Waals surface area contributed by atoms with Gasteiger partial charge in [0.05, 0.1) is 0 Å². The topological polar surface area (TPSA) is 98.2 Å². The van der Waals surface area contributed by atoms with Crippen LogP contribution in [0.4, 0.5) is 5.69 Å². The van der Waals surface area contributed by atoms with Crippen LogP contribution in [-0.4, -0.2) is 17.9 Å². The Kier molecular flexibility index (Phi) is 4.66. The maximum absolute atomic E-state index is 11.5. The molecule has 1 atom stereocenters. The molecule has 0 fully saturated rings. The van der Waals surface area contributed by atoms with Crippen LogP contribution in [-0.2, 0) is 4.79 Å². The predicted molar refractivity (Wildman–Crippen MR) is 66.5 cm³/mol. The van der Waals surface area contributed by atoms with E-state index in [0.717, 1.165) is 6.42 Å². The van der Waals surface area contributed by atoms with Crippen LogP contribution in [0.15, 0.2) is 24.3 Å². The molecule has 0 aliphatic rings. The number of hydrogen-bond acceptors (Lipinski definition) is 3. The summed E-state index contributed by atoms with van der Waals surface area (Å²) in [6.07, 6.45) is 1.04. The number of anilines is 1. The molecule has 1 unspecified atom stereocenters. The Labute approximate surface area is 100 Å². The minimum Gasteiger partial charge on any atom is -0.366 e. The Hall–Kier alpha value is -1.88. The number of benzene rings is 1. The number of amides is 2. The summed E-state index contributed by atoms with van der Waals surface area (Å²) in [6.45, 7) is 1.93. The van der Waals surface area contributed by atoms with Crippen molar-refractivity contribution in [3.63, 3.8) is 0 Å². The summed E-state index contributed by atoms with van der Waals surface area (Å²) in [5.74, 6) is -0.623. The Balaban J connectivity index is 2.57. The molecule has 0 heterocycles. The third-order valence-corrected chi connectivity index (χ3v) is 2.43. The molecule has 5 heteroatoms. The molecule has 0 aliphatic carbocycles. The molecule has 0 aromatic heterocycles. The van der Waals surface area contributed by atoms with E-state index in [1.807, 2.05) is 6.92 Å². The molecular formula is C12H17N3O2. The number of rotatable bonds is 5. The first-order valence-corrected chi connectivity index (χ1v) is 5.48. The van der Waals surface area contributed by atoms with Crippen molar-refractivity contribution in [2.75, 3.05) is 5.32 Å². The summed E-state index contributed by atoms with van der Waals surface area (Å²) in [6, 6.07) is 6.28. The molecule has 1 aromatic rings. The van der Waals surface area contributed by atoms with Gasteiger partial charge in [0.15, 0.2) is 0 Å². The van der Waals surface area contributed by atoms with Crippen LogP contribution >= 0.6 is 0 Å². The number of primary amides is 1. The largest absolute Gasteiger partial charge is 0.366 e. The highest BCUT2D eigenvalue weighted by atomic mass is 16.2. The van der Waals surface area contributed by atoms with Crippen LogP contribution < -0.4 is 16.8 Å². The van der Waals surface area contributed by atoms with Crippen molar-refractivity contribution in [1.29, 1.82) is 0 Å². The Bertz CT molecular complexity index is 401. The van der Waals surface area contributed by atoms with E-state index in [1.165, 1.54) is 0 Å². The number of carbonyl (C=O) groups is 2. The van der Waals surface area contributed by atoms with E-state index in [-0.39, 0.29) is 18.4 Å². The zero-order chi connectivity index (χ0) is 12.8. The first kappa shape index (κ1) is 13.2. The molecular weight excluding hydrogens is 218 g/mol. The smallest absolute Gasteiger partial charge is 0.248 e. The number of carbonyl (C=O) groups excluding carboxylic acids is 2. The van der Waals surface area contributed by atoms with Crippen molar-refractivity contribution in [3.8, 4) is 0 Å². The van der Waals surface area contributed by atoms with Gasteiger partial charge in [-0.1, -0.05) is 6.92 Å². The van der Waals surface area contributed by atoms with Gasteiger partial charge in [-0.3, -0.25) is 9.59 Å². The number of hydrogen-bond donors (Lipinski definition) is 3. The van der Waals surface area contributed by atoms with Crippen LogP contribution in [0.25, 0.3) is 0 Å². The molecule has 0 bridgehead atoms. The summed E-state index contributed by atoms with van der Waals surface area (Å²) >= 11 is 0. The second-order valence-corrected chi connectivity index (χ2v) is 3.86. The van der Waals surface area contributed by atoms with E-state index >= 15 is 0 Å². The van der Waals surface area contributed by atoms with Crippen LogP contribution in [0, 0.1) is 0 Å². The van der Waals surface area contributed by atoms with Gasteiger partial charge in [-0.2, -0.15) is 0 Å². The average Bonchev–Trinajstić information content (AvgIpc) is 2.29. The molecule has 5 N–H and O–H groups in total. The summed E-state index contributed by atoms with van der Waals surface area (Å²) in [5.41, 5.74) is 11.8. The van der Waals surface area contributed by atoms with Crippen molar-refractivity contribution < 1.29 is 9.59 Å². The third-order valence-electron chi connectivity index (χ3n) is 2.43. The van der Waals surface area contributed by atoms with Crippen LogP contribution in [0.5, 0.6) is 0 Å². The zero-order valence-electron chi connectivity index (χ0n) is 9.77. The molecule has 2 amide bonds. The van der Waals surface area contributed by atoms with Crippen molar-refractivity contribution >= 4 is 17.5 Å². The number of nitrogens with one attached hydrogen (secondary N) is 1. The van der Waals surface area contributed by atoms with Gasteiger partial charge in [0.2, 0.25) is 11.8 Å². The van der Waals surface area contributed by atoms with E-state index in [1.54, 1.807) is 24.3 Å². The van der Waals surface area contributed by atoms with E-state index in [0.29, 0.717) is 11.3 Å².